The fourth-order valence-electron chi connectivity index (χ4n) is 3.34. The van der Waals surface area contributed by atoms with Crippen LogP contribution in [0.4, 0.5) is 0 Å². The van der Waals surface area contributed by atoms with Gasteiger partial charge in [-0.15, -0.1) is 0 Å². The molecule has 0 amide bonds. The van der Waals surface area contributed by atoms with Crippen molar-refractivity contribution < 1.29 is 4.74 Å². The van der Waals surface area contributed by atoms with E-state index in [0.717, 1.165) is 25.2 Å². The van der Waals surface area contributed by atoms with Crippen LogP contribution in [0.15, 0.2) is 54.7 Å². The van der Waals surface area contributed by atoms with Crippen LogP contribution in [0.2, 0.25) is 0 Å². The normalized spacial score (nSPS) is 15.4. The maximum atomic E-state index is 5.80. The number of nitrogens with zero attached hydrogens (tertiary/aromatic N) is 3. The van der Waals surface area contributed by atoms with E-state index in [0.29, 0.717) is 12.7 Å². The number of rotatable bonds is 5. The Kier molecular flexibility index (Phi) is 4.89. The molecule has 0 spiro atoms. The van der Waals surface area contributed by atoms with E-state index in [1.54, 1.807) is 6.20 Å². The lowest BCUT2D eigenvalue weighted by molar-refractivity contribution is 0.0987. The molecule has 1 aliphatic rings. The van der Waals surface area contributed by atoms with Gasteiger partial charge in [0.2, 0.25) is 0 Å². The van der Waals surface area contributed by atoms with Crippen molar-refractivity contribution in [1.29, 1.82) is 0 Å². The second-order valence-corrected chi connectivity index (χ2v) is 6.64. The predicted molar refractivity (Wildman–Crippen MR) is 99.7 cm³/mol. The number of fused-ring (bicyclic) bond motifs is 1. The summed E-state index contributed by atoms with van der Waals surface area (Å²) in [4.78, 5) is 11.2. The van der Waals surface area contributed by atoms with E-state index in [4.69, 9.17) is 4.74 Å². The van der Waals surface area contributed by atoms with Gasteiger partial charge < -0.3 is 4.74 Å². The third-order valence-electron chi connectivity index (χ3n) is 4.72. The highest BCUT2D eigenvalue weighted by molar-refractivity contribution is 5.83. The lowest BCUT2D eigenvalue weighted by Crippen LogP contribution is -2.33. The summed E-state index contributed by atoms with van der Waals surface area (Å²) in [6, 6.07) is 17.4. The van der Waals surface area contributed by atoms with Crippen LogP contribution < -0.4 is 4.74 Å². The Morgan fingerprint density at radius 1 is 0.920 bits per heavy atom. The van der Waals surface area contributed by atoms with E-state index < -0.39 is 0 Å². The summed E-state index contributed by atoms with van der Waals surface area (Å²) in [6.45, 7) is 2.80. The van der Waals surface area contributed by atoms with Gasteiger partial charge in [-0.3, -0.25) is 4.90 Å². The van der Waals surface area contributed by atoms with Crippen molar-refractivity contribution in [3.63, 3.8) is 0 Å². The molecule has 0 radical (unpaired) electrons. The smallest absolute Gasteiger partial charge is 0.317 e. The molecule has 1 fully saturated rings. The summed E-state index contributed by atoms with van der Waals surface area (Å²) in [5, 5.41) is 2.52. The molecule has 0 unspecified atom stereocenters. The van der Waals surface area contributed by atoms with Crippen molar-refractivity contribution in [1.82, 2.24) is 14.9 Å². The van der Waals surface area contributed by atoms with Crippen molar-refractivity contribution >= 4 is 10.8 Å². The van der Waals surface area contributed by atoms with Crippen LogP contribution in [0, 0.1) is 0 Å². The van der Waals surface area contributed by atoms with Gasteiger partial charge in [0.25, 0.3) is 0 Å². The van der Waals surface area contributed by atoms with Gasteiger partial charge in [-0.1, -0.05) is 48.9 Å². The third kappa shape index (κ3) is 4.15. The number of hydrogen-bond acceptors (Lipinski definition) is 4. The summed E-state index contributed by atoms with van der Waals surface area (Å²) >= 11 is 0. The van der Waals surface area contributed by atoms with Gasteiger partial charge in [-0.05, 0) is 35.2 Å². The van der Waals surface area contributed by atoms with Crippen LogP contribution >= 0.6 is 0 Å². The molecule has 0 atom stereocenters. The summed E-state index contributed by atoms with van der Waals surface area (Å²) in [5.41, 5.74) is 2.23. The van der Waals surface area contributed by atoms with Gasteiger partial charge in [0, 0.05) is 25.7 Å². The van der Waals surface area contributed by atoms with Gasteiger partial charge in [0.15, 0.2) is 0 Å². The number of piperidine rings is 1. The second-order valence-electron chi connectivity index (χ2n) is 6.64. The van der Waals surface area contributed by atoms with E-state index in [9.17, 15) is 0 Å². The Bertz CT molecular complexity index is 843. The zero-order valence-corrected chi connectivity index (χ0v) is 14.4. The number of ether oxygens (including phenoxy) is 1. The highest BCUT2D eigenvalue weighted by atomic mass is 16.5. The van der Waals surface area contributed by atoms with Crippen molar-refractivity contribution in [2.24, 2.45) is 0 Å². The van der Waals surface area contributed by atoms with Gasteiger partial charge in [0.05, 0.1) is 5.69 Å². The number of hydrogen-bond donors (Lipinski definition) is 0. The highest BCUT2D eigenvalue weighted by Gasteiger charge is 2.11. The molecule has 1 aliphatic heterocycles. The highest BCUT2D eigenvalue weighted by Crippen LogP contribution is 2.18. The molecule has 0 aliphatic carbocycles. The van der Waals surface area contributed by atoms with E-state index in [-0.39, 0.29) is 0 Å². The topological polar surface area (TPSA) is 38.2 Å². The van der Waals surface area contributed by atoms with Crippen LogP contribution in [-0.2, 0) is 6.42 Å². The Hall–Kier alpha value is -2.46. The molecule has 2 aromatic carbocycles. The summed E-state index contributed by atoms with van der Waals surface area (Å²) in [6.07, 6.45) is 6.41. The molecule has 0 N–H and O–H groups in total. The van der Waals surface area contributed by atoms with Crippen molar-refractivity contribution in [3.8, 4) is 6.01 Å². The van der Waals surface area contributed by atoms with E-state index >= 15 is 0 Å². The van der Waals surface area contributed by atoms with Gasteiger partial charge in [-0.2, -0.15) is 4.98 Å². The maximum absolute atomic E-state index is 5.80. The summed E-state index contributed by atoms with van der Waals surface area (Å²) < 4.78 is 5.80. The van der Waals surface area contributed by atoms with Crippen LogP contribution in [0.3, 0.4) is 0 Å². The first-order valence-corrected chi connectivity index (χ1v) is 9.02. The van der Waals surface area contributed by atoms with Gasteiger partial charge in [-0.25, -0.2) is 4.98 Å². The molecule has 2 heterocycles. The minimum absolute atomic E-state index is 0.476. The summed E-state index contributed by atoms with van der Waals surface area (Å²) in [7, 11) is 0. The summed E-state index contributed by atoms with van der Waals surface area (Å²) in [5.74, 6) is 0. The zero-order valence-electron chi connectivity index (χ0n) is 14.4. The molecule has 4 heteroatoms. The Balaban J connectivity index is 1.43. The lowest BCUT2D eigenvalue weighted by Gasteiger charge is -2.25. The average molecular weight is 333 g/mol. The first-order valence-electron chi connectivity index (χ1n) is 9.02. The molecule has 0 saturated carbocycles. The first-order chi connectivity index (χ1) is 12.4. The number of benzene rings is 2. The van der Waals surface area contributed by atoms with E-state index in [1.807, 2.05) is 6.07 Å². The second kappa shape index (κ2) is 7.62. The maximum Gasteiger partial charge on any atom is 0.317 e. The van der Waals surface area contributed by atoms with Crippen LogP contribution in [0.25, 0.3) is 10.8 Å². The van der Waals surface area contributed by atoms with Crippen molar-refractivity contribution in [2.75, 3.05) is 19.8 Å². The van der Waals surface area contributed by atoms with Crippen LogP contribution in [0.1, 0.15) is 30.5 Å². The number of likely N-dealkylation sites (tertiary alicyclic amines) is 1. The predicted octanol–water partition coefficient (Wildman–Crippen LogP) is 4.04. The molecular weight excluding hydrogens is 310 g/mol. The largest absolute Gasteiger partial charge is 0.447 e. The number of aromatic nitrogens is 2. The molecule has 128 valence electrons. The Morgan fingerprint density at radius 3 is 2.64 bits per heavy atom. The fourth-order valence-corrected chi connectivity index (χ4v) is 3.34. The van der Waals surface area contributed by atoms with E-state index in [2.05, 4.69) is 57.3 Å². The molecular formula is C21H23N3O. The molecule has 1 aromatic heterocycles. The Morgan fingerprint density at radius 2 is 1.76 bits per heavy atom. The van der Waals surface area contributed by atoms with Gasteiger partial charge in [0.1, 0.15) is 6.73 Å². The molecule has 4 rings (SSSR count). The fraction of sp³-hybridized carbons (Fsp3) is 0.333. The minimum Gasteiger partial charge on any atom is -0.447 e. The average Bonchev–Trinajstić information content (AvgIpc) is 2.67. The SMILES string of the molecule is c1ccc2cc(Cc3ccnc(OCN4CCCCC4)n3)ccc2c1. The standard InChI is InChI=1S/C21H23N3O/c1-4-12-24(13-5-1)16-25-21-22-11-10-20(23-21)15-17-8-9-18-6-2-3-7-19(18)14-17/h2-3,6-11,14H,1,4-5,12-13,15-16H2. The third-order valence-corrected chi connectivity index (χ3v) is 4.72. The molecule has 3 aromatic rings. The minimum atomic E-state index is 0.476. The van der Waals surface area contributed by atoms with Gasteiger partial charge >= 0.3 is 6.01 Å². The zero-order chi connectivity index (χ0) is 16.9. The first kappa shape index (κ1) is 16.0. The quantitative estimate of drug-likeness (QED) is 0.706. The Labute approximate surface area is 148 Å². The van der Waals surface area contributed by atoms with Crippen LogP contribution in [-0.4, -0.2) is 34.7 Å². The molecule has 25 heavy (non-hydrogen) atoms. The lowest BCUT2D eigenvalue weighted by atomic mass is 10.0. The van der Waals surface area contributed by atoms with Crippen molar-refractivity contribution in [2.45, 2.75) is 25.7 Å². The monoisotopic (exact) mass is 333 g/mol. The molecule has 0 bridgehead atoms. The molecule has 4 nitrogen and oxygen atoms in total. The molecule has 1 saturated heterocycles. The van der Waals surface area contributed by atoms with Crippen molar-refractivity contribution in [3.05, 3.63) is 66.0 Å². The van der Waals surface area contributed by atoms with E-state index in [1.165, 1.54) is 35.6 Å². The van der Waals surface area contributed by atoms with Crippen LogP contribution in [0.5, 0.6) is 6.01 Å².